The topological polar surface area (TPSA) is 84.4 Å². The summed E-state index contributed by atoms with van der Waals surface area (Å²) in [6, 6.07) is 2.81. The average molecular weight is 418 g/mol. The van der Waals surface area contributed by atoms with Gasteiger partial charge in [0.25, 0.3) is 5.91 Å². The predicted molar refractivity (Wildman–Crippen MR) is 105 cm³/mol. The number of pyridine rings is 1. The highest BCUT2D eigenvalue weighted by atomic mass is 32.1. The first-order valence-electron chi connectivity index (χ1n) is 9.54. The van der Waals surface area contributed by atoms with E-state index in [1.54, 1.807) is 10.3 Å². The Hall–Kier alpha value is -2.55. The number of likely N-dealkylation sites (tertiary alicyclic amines) is 1. The van der Waals surface area contributed by atoms with Gasteiger partial charge in [-0.25, -0.2) is 14.2 Å². The van der Waals surface area contributed by atoms with Crippen molar-refractivity contribution in [1.29, 1.82) is 0 Å². The summed E-state index contributed by atoms with van der Waals surface area (Å²) >= 11 is 1.45. The number of halogens is 1. The Morgan fingerprint density at radius 1 is 1.34 bits per heavy atom. The summed E-state index contributed by atoms with van der Waals surface area (Å²) in [5.74, 6) is 0.221. The predicted octanol–water partition coefficient (Wildman–Crippen LogP) is 3.19. The van der Waals surface area contributed by atoms with E-state index in [0.717, 1.165) is 5.01 Å². The Bertz CT molecular complexity index is 930. The maximum absolute atomic E-state index is 13.6. The largest absolute Gasteiger partial charge is 0.444 e. The van der Waals surface area contributed by atoms with Crippen molar-refractivity contribution in [1.82, 2.24) is 20.2 Å². The van der Waals surface area contributed by atoms with Crippen LogP contribution in [0.3, 0.4) is 0 Å². The number of aromatic nitrogens is 2. The Balaban J connectivity index is 1.30. The third kappa shape index (κ3) is 4.24. The molecule has 2 unspecified atom stereocenters. The van der Waals surface area contributed by atoms with Crippen molar-refractivity contribution in [2.24, 2.45) is 11.8 Å². The van der Waals surface area contributed by atoms with Crippen LogP contribution in [-0.2, 0) is 11.3 Å². The molecule has 0 bridgehead atoms. The molecule has 154 valence electrons. The maximum atomic E-state index is 13.6. The van der Waals surface area contributed by atoms with E-state index >= 15 is 0 Å². The number of nitrogens with zero attached hydrogens (tertiary/aromatic N) is 3. The van der Waals surface area contributed by atoms with Gasteiger partial charge < -0.3 is 15.0 Å². The summed E-state index contributed by atoms with van der Waals surface area (Å²) in [5, 5.41) is 5.29. The van der Waals surface area contributed by atoms with Crippen LogP contribution in [0.15, 0.2) is 23.7 Å². The van der Waals surface area contributed by atoms with E-state index in [1.165, 1.54) is 29.7 Å². The molecule has 7 nitrogen and oxygen atoms in total. The van der Waals surface area contributed by atoms with Crippen LogP contribution < -0.4 is 5.32 Å². The fourth-order valence-corrected chi connectivity index (χ4v) is 4.77. The summed E-state index contributed by atoms with van der Waals surface area (Å²) in [6.45, 7) is 6.89. The molecule has 2 aromatic rings. The molecule has 2 amide bonds. The van der Waals surface area contributed by atoms with E-state index in [1.807, 2.05) is 20.8 Å². The van der Waals surface area contributed by atoms with Crippen molar-refractivity contribution < 1.29 is 18.7 Å². The van der Waals surface area contributed by atoms with E-state index in [9.17, 15) is 14.0 Å². The van der Waals surface area contributed by atoms with Crippen LogP contribution in [0.4, 0.5) is 9.18 Å². The molecule has 1 aliphatic carbocycles. The Labute approximate surface area is 172 Å². The van der Waals surface area contributed by atoms with Crippen molar-refractivity contribution in [3.63, 3.8) is 0 Å². The van der Waals surface area contributed by atoms with Gasteiger partial charge in [-0.1, -0.05) is 0 Å². The summed E-state index contributed by atoms with van der Waals surface area (Å²) < 4.78 is 19.0. The van der Waals surface area contributed by atoms with Gasteiger partial charge in [-0.2, -0.15) is 0 Å². The second-order valence-corrected chi connectivity index (χ2v) is 9.31. The number of amides is 2. The van der Waals surface area contributed by atoms with Gasteiger partial charge in [0.05, 0.1) is 17.2 Å². The first kappa shape index (κ1) is 19.8. The molecular formula is C20H23FN4O3S. The lowest BCUT2D eigenvalue weighted by atomic mass is 10.2. The monoisotopic (exact) mass is 418 g/mol. The average Bonchev–Trinajstić information content (AvgIpc) is 3.04. The van der Waals surface area contributed by atoms with Crippen molar-refractivity contribution in [3.05, 3.63) is 45.9 Å². The van der Waals surface area contributed by atoms with Gasteiger partial charge in [-0.3, -0.25) is 9.78 Å². The van der Waals surface area contributed by atoms with Gasteiger partial charge in [0, 0.05) is 30.6 Å². The number of nitrogens with one attached hydrogen (secondary N) is 1. The van der Waals surface area contributed by atoms with Crippen LogP contribution in [0.25, 0.3) is 0 Å². The summed E-state index contributed by atoms with van der Waals surface area (Å²) in [5.41, 5.74) is 0.0181. The third-order valence-electron chi connectivity index (χ3n) is 5.14. The number of rotatable bonds is 4. The van der Waals surface area contributed by atoms with Crippen molar-refractivity contribution in [2.75, 3.05) is 13.1 Å². The zero-order valence-corrected chi connectivity index (χ0v) is 17.3. The van der Waals surface area contributed by atoms with E-state index in [-0.39, 0.29) is 30.2 Å². The van der Waals surface area contributed by atoms with Gasteiger partial charge in [0.2, 0.25) is 0 Å². The van der Waals surface area contributed by atoms with E-state index in [2.05, 4.69) is 15.3 Å². The maximum Gasteiger partial charge on any atom is 0.410 e. The molecule has 1 saturated heterocycles. The fraction of sp³-hybridized carbons (Fsp3) is 0.500. The molecule has 1 aliphatic heterocycles. The molecule has 2 aliphatic rings. The highest BCUT2D eigenvalue weighted by Gasteiger charge is 2.59. The molecule has 2 atom stereocenters. The lowest BCUT2D eigenvalue weighted by molar-refractivity contribution is 0.0271. The minimum Gasteiger partial charge on any atom is -0.444 e. The van der Waals surface area contributed by atoms with Gasteiger partial charge in [-0.15, -0.1) is 11.3 Å². The van der Waals surface area contributed by atoms with Crippen molar-refractivity contribution in [3.8, 4) is 0 Å². The van der Waals surface area contributed by atoms with Crippen LogP contribution in [0.1, 0.15) is 47.9 Å². The Morgan fingerprint density at radius 2 is 2.07 bits per heavy atom. The second kappa shape index (κ2) is 7.37. The van der Waals surface area contributed by atoms with E-state index in [4.69, 9.17) is 4.74 Å². The van der Waals surface area contributed by atoms with Gasteiger partial charge in [0.1, 0.15) is 17.1 Å². The van der Waals surface area contributed by atoms with Crippen molar-refractivity contribution in [2.45, 2.75) is 38.8 Å². The zero-order chi connectivity index (χ0) is 20.8. The van der Waals surface area contributed by atoms with Gasteiger partial charge in [0.15, 0.2) is 0 Å². The zero-order valence-electron chi connectivity index (χ0n) is 16.5. The highest BCUT2D eigenvalue weighted by molar-refractivity contribution is 7.10. The molecule has 29 heavy (non-hydrogen) atoms. The molecule has 2 fully saturated rings. The minimum absolute atomic E-state index is 0.0118. The molecule has 1 saturated carbocycles. The lowest BCUT2D eigenvalue weighted by Gasteiger charge is -2.25. The molecule has 9 heteroatoms. The number of ether oxygens (including phenoxy) is 1. The van der Waals surface area contributed by atoms with Gasteiger partial charge in [-0.05, 0) is 44.7 Å². The summed E-state index contributed by atoms with van der Waals surface area (Å²) in [4.78, 5) is 34.6. The molecular weight excluding hydrogens is 395 g/mol. The Morgan fingerprint density at radius 3 is 2.72 bits per heavy atom. The van der Waals surface area contributed by atoms with E-state index < -0.39 is 11.4 Å². The molecule has 0 aromatic carbocycles. The molecule has 2 aromatic heterocycles. The minimum atomic E-state index is -0.501. The number of carbonyl (C=O) groups is 2. The van der Waals surface area contributed by atoms with Crippen molar-refractivity contribution >= 4 is 23.3 Å². The number of hydrogen-bond acceptors (Lipinski definition) is 6. The number of thiazole rings is 1. The molecule has 3 heterocycles. The Kier molecular flexibility index (Phi) is 5.02. The normalized spacial score (nSPS) is 22.9. The standard InChI is InChI=1S/C20H23FN4O3S/c1-20(2,3)28-19(27)25-8-11-12(9-25)16(11)18-24-15(10-29-18)17(26)23-7-14-13(21)5-4-6-22-14/h4-6,10-12,16H,7-9H2,1-3H3,(H,23,26). The molecule has 0 radical (unpaired) electrons. The van der Waals surface area contributed by atoms with Gasteiger partial charge >= 0.3 is 6.09 Å². The van der Waals surface area contributed by atoms with Crippen LogP contribution in [0.2, 0.25) is 0 Å². The van der Waals surface area contributed by atoms with Crippen LogP contribution in [-0.4, -0.2) is 45.6 Å². The van der Waals surface area contributed by atoms with Crippen LogP contribution >= 0.6 is 11.3 Å². The highest BCUT2D eigenvalue weighted by Crippen LogP contribution is 2.58. The summed E-state index contributed by atoms with van der Waals surface area (Å²) in [6.07, 6.45) is 1.21. The summed E-state index contributed by atoms with van der Waals surface area (Å²) in [7, 11) is 0. The first-order valence-corrected chi connectivity index (χ1v) is 10.4. The fourth-order valence-electron chi connectivity index (χ4n) is 3.72. The number of carbonyl (C=O) groups excluding carboxylic acids is 2. The molecule has 1 N–H and O–H groups in total. The van der Waals surface area contributed by atoms with E-state index in [0.29, 0.717) is 30.6 Å². The SMILES string of the molecule is CC(C)(C)OC(=O)N1CC2C(C1)C2c1nc(C(=O)NCc2ncccc2F)cs1. The quantitative estimate of drug-likeness (QED) is 0.824. The number of hydrogen-bond donors (Lipinski definition) is 1. The van der Waals surface area contributed by atoms with Crippen LogP contribution in [0.5, 0.6) is 0 Å². The smallest absolute Gasteiger partial charge is 0.410 e. The lowest BCUT2D eigenvalue weighted by Crippen LogP contribution is -2.36. The first-order chi connectivity index (χ1) is 13.7. The second-order valence-electron chi connectivity index (χ2n) is 8.42. The number of fused-ring (bicyclic) bond motifs is 1. The molecule has 0 spiro atoms. The van der Waals surface area contributed by atoms with Crippen LogP contribution in [0, 0.1) is 17.7 Å². The number of piperidine rings is 1. The molecule has 4 rings (SSSR count). The third-order valence-corrected chi connectivity index (χ3v) is 6.08.